The van der Waals surface area contributed by atoms with Gasteiger partial charge < -0.3 is 0 Å². The van der Waals surface area contributed by atoms with Gasteiger partial charge in [0.25, 0.3) is 0 Å². The first-order valence-corrected chi connectivity index (χ1v) is 13.1. The number of rotatable bonds is 4. The summed E-state index contributed by atoms with van der Waals surface area (Å²) in [4.78, 5) is 52.5. The molecule has 0 aromatic rings. The van der Waals surface area contributed by atoms with Crippen LogP contribution in [-0.2, 0) is 19.2 Å². The zero-order chi connectivity index (χ0) is 22.3. The van der Waals surface area contributed by atoms with Crippen molar-refractivity contribution in [2.45, 2.75) is 103 Å². The van der Waals surface area contributed by atoms with Gasteiger partial charge in [-0.25, -0.2) is 0 Å². The van der Waals surface area contributed by atoms with Gasteiger partial charge in [-0.3, -0.25) is 29.8 Å². The molecule has 6 aliphatic rings. The summed E-state index contributed by atoms with van der Waals surface area (Å²) in [6.45, 7) is 0. The lowest BCUT2D eigenvalue weighted by molar-refractivity contribution is -0.169. The summed E-state index contributed by atoms with van der Waals surface area (Å²) in [5.74, 6) is 0.0346. The lowest BCUT2D eigenvalue weighted by atomic mass is 9.43. The Bertz CT molecular complexity index is 718. The smallest absolute Gasteiger partial charge is 0.232 e. The highest BCUT2D eigenvalue weighted by Crippen LogP contribution is 2.65. The fourth-order valence-corrected chi connectivity index (χ4v) is 8.22. The van der Waals surface area contributed by atoms with Gasteiger partial charge in [-0.1, -0.05) is 38.5 Å². The predicted octanol–water partition coefficient (Wildman–Crippen LogP) is 4.02. The van der Waals surface area contributed by atoms with Crippen LogP contribution < -0.4 is 10.6 Å². The lowest BCUT2D eigenvalue weighted by Crippen LogP contribution is -2.62. The molecule has 176 valence electrons. The van der Waals surface area contributed by atoms with Crippen molar-refractivity contribution in [3.05, 3.63) is 0 Å². The molecule has 6 heteroatoms. The third-order valence-corrected chi connectivity index (χ3v) is 9.45. The van der Waals surface area contributed by atoms with E-state index in [2.05, 4.69) is 10.6 Å². The van der Waals surface area contributed by atoms with Crippen LogP contribution in [0.25, 0.3) is 0 Å². The van der Waals surface area contributed by atoms with E-state index in [-0.39, 0.29) is 35.5 Å². The second-order valence-corrected chi connectivity index (χ2v) is 11.8. The minimum absolute atomic E-state index is 0.0491. The Labute approximate surface area is 191 Å². The van der Waals surface area contributed by atoms with Crippen molar-refractivity contribution in [2.75, 3.05) is 0 Å². The van der Waals surface area contributed by atoms with Crippen LogP contribution in [0, 0.1) is 34.5 Å². The molecular weight excluding hydrogens is 404 g/mol. The van der Waals surface area contributed by atoms with E-state index in [0.717, 1.165) is 83.5 Å². The molecular formula is C26H38N2O4. The third kappa shape index (κ3) is 4.03. The summed E-state index contributed by atoms with van der Waals surface area (Å²) in [5.41, 5.74) is -1.25. The Balaban J connectivity index is 1.29. The van der Waals surface area contributed by atoms with E-state index in [4.69, 9.17) is 0 Å². The van der Waals surface area contributed by atoms with Crippen molar-refractivity contribution in [3.8, 4) is 0 Å². The SMILES string of the molecule is O=C(NC(=O)C12CC3CC(C1)CC(C(=O)NC(=O)C1CCCCC1)(C3)C2)C1CCCCC1. The maximum absolute atomic E-state index is 13.5. The van der Waals surface area contributed by atoms with Crippen LogP contribution in [0.4, 0.5) is 0 Å². The number of hydrogen-bond acceptors (Lipinski definition) is 4. The first-order chi connectivity index (χ1) is 15.4. The molecule has 32 heavy (non-hydrogen) atoms. The highest BCUT2D eigenvalue weighted by Gasteiger charge is 2.63. The first kappa shape index (κ1) is 22.1. The van der Waals surface area contributed by atoms with Crippen molar-refractivity contribution in [1.82, 2.24) is 10.6 Å². The molecule has 4 bridgehead atoms. The van der Waals surface area contributed by atoms with Gasteiger partial charge >= 0.3 is 0 Å². The molecule has 0 aromatic carbocycles. The molecule has 0 atom stereocenters. The van der Waals surface area contributed by atoms with Crippen LogP contribution in [-0.4, -0.2) is 23.6 Å². The van der Waals surface area contributed by atoms with E-state index >= 15 is 0 Å². The van der Waals surface area contributed by atoms with Gasteiger partial charge in [0.2, 0.25) is 23.6 Å². The van der Waals surface area contributed by atoms with E-state index in [1.165, 1.54) is 12.8 Å². The van der Waals surface area contributed by atoms with Crippen molar-refractivity contribution >= 4 is 23.6 Å². The molecule has 0 radical (unpaired) electrons. The first-order valence-electron chi connectivity index (χ1n) is 13.1. The van der Waals surface area contributed by atoms with Gasteiger partial charge in [-0.05, 0) is 76.0 Å². The molecule has 0 unspecified atom stereocenters. The number of carbonyl (C=O) groups excluding carboxylic acids is 4. The van der Waals surface area contributed by atoms with E-state index in [1.54, 1.807) is 0 Å². The monoisotopic (exact) mass is 442 g/mol. The quantitative estimate of drug-likeness (QED) is 0.643. The van der Waals surface area contributed by atoms with Crippen LogP contribution in [0.15, 0.2) is 0 Å². The third-order valence-electron chi connectivity index (χ3n) is 9.45. The number of imide groups is 2. The van der Waals surface area contributed by atoms with Crippen LogP contribution in [0.2, 0.25) is 0 Å². The summed E-state index contributed by atoms with van der Waals surface area (Å²) in [6.07, 6.45) is 14.7. The number of carbonyl (C=O) groups is 4. The average Bonchev–Trinajstić information content (AvgIpc) is 2.79. The fourth-order valence-electron chi connectivity index (χ4n) is 8.22. The molecule has 0 aromatic heterocycles. The molecule has 6 aliphatic carbocycles. The summed E-state index contributed by atoms with van der Waals surface area (Å²) >= 11 is 0. The summed E-state index contributed by atoms with van der Waals surface area (Å²) in [5, 5.41) is 5.56. The molecule has 6 saturated carbocycles. The highest BCUT2D eigenvalue weighted by molar-refractivity contribution is 6.02. The molecule has 2 N–H and O–H groups in total. The van der Waals surface area contributed by atoms with Crippen molar-refractivity contribution < 1.29 is 19.2 Å². The molecule has 4 amide bonds. The van der Waals surface area contributed by atoms with E-state index in [0.29, 0.717) is 18.3 Å². The molecule has 0 saturated heterocycles. The maximum Gasteiger partial charge on any atom is 0.232 e. The van der Waals surface area contributed by atoms with Crippen molar-refractivity contribution in [3.63, 3.8) is 0 Å². The summed E-state index contributed by atoms with van der Waals surface area (Å²) in [7, 11) is 0. The largest absolute Gasteiger partial charge is 0.296 e. The minimum Gasteiger partial charge on any atom is -0.296 e. The Morgan fingerprint density at radius 2 is 0.938 bits per heavy atom. The Morgan fingerprint density at radius 3 is 1.31 bits per heavy atom. The molecule has 6 rings (SSSR count). The Kier molecular flexibility index (Phi) is 5.91. The lowest BCUT2D eigenvalue weighted by Gasteiger charge is -2.60. The zero-order valence-electron chi connectivity index (χ0n) is 19.3. The van der Waals surface area contributed by atoms with Gasteiger partial charge in [0, 0.05) is 11.8 Å². The fraction of sp³-hybridized carbons (Fsp3) is 0.846. The molecule has 0 spiro atoms. The number of amides is 4. The second-order valence-electron chi connectivity index (χ2n) is 11.8. The average molecular weight is 443 g/mol. The van der Waals surface area contributed by atoms with Crippen molar-refractivity contribution in [2.24, 2.45) is 34.5 Å². The molecule has 6 fully saturated rings. The second kappa shape index (κ2) is 8.57. The van der Waals surface area contributed by atoms with E-state index in [9.17, 15) is 19.2 Å². The summed E-state index contributed by atoms with van der Waals surface area (Å²) in [6, 6.07) is 0. The Morgan fingerprint density at radius 1 is 0.562 bits per heavy atom. The highest BCUT2D eigenvalue weighted by atomic mass is 16.2. The van der Waals surface area contributed by atoms with Gasteiger partial charge in [0.15, 0.2) is 0 Å². The van der Waals surface area contributed by atoms with Crippen LogP contribution in [0.3, 0.4) is 0 Å². The maximum atomic E-state index is 13.5. The molecule has 0 aliphatic heterocycles. The predicted molar refractivity (Wildman–Crippen MR) is 119 cm³/mol. The molecule has 6 nitrogen and oxygen atoms in total. The zero-order valence-corrected chi connectivity index (χ0v) is 19.3. The number of nitrogens with one attached hydrogen (secondary N) is 2. The summed E-state index contributed by atoms with van der Waals surface area (Å²) < 4.78 is 0. The van der Waals surface area contributed by atoms with Crippen LogP contribution in [0.1, 0.15) is 103 Å². The van der Waals surface area contributed by atoms with Gasteiger partial charge in [0.1, 0.15) is 0 Å². The van der Waals surface area contributed by atoms with E-state index in [1.807, 2.05) is 0 Å². The van der Waals surface area contributed by atoms with Crippen LogP contribution >= 0.6 is 0 Å². The van der Waals surface area contributed by atoms with Gasteiger partial charge in [-0.15, -0.1) is 0 Å². The Hall–Kier alpha value is -1.72. The standard InChI is InChI=1S/C26H38N2O4/c29-21(19-7-3-1-4-8-19)27-23(31)25-12-17-11-18(13-25)15-26(14-17,16-25)24(32)28-22(30)20-9-5-2-6-10-20/h17-20H,1-16H2,(H,27,29,31)(H,28,30,32). The van der Waals surface area contributed by atoms with E-state index < -0.39 is 10.8 Å². The van der Waals surface area contributed by atoms with Crippen molar-refractivity contribution in [1.29, 1.82) is 0 Å². The normalized spacial score (nSPS) is 37.1. The topological polar surface area (TPSA) is 92.3 Å². The minimum atomic E-state index is -0.625. The van der Waals surface area contributed by atoms with Gasteiger partial charge in [0.05, 0.1) is 10.8 Å². The number of hydrogen-bond donors (Lipinski definition) is 2. The molecule has 0 heterocycles. The van der Waals surface area contributed by atoms with Crippen LogP contribution in [0.5, 0.6) is 0 Å². The van der Waals surface area contributed by atoms with Gasteiger partial charge in [-0.2, -0.15) is 0 Å².